The van der Waals surface area contributed by atoms with Gasteiger partial charge in [-0.1, -0.05) is 5.16 Å². The number of aliphatic hydroxyl groups excluding tert-OH is 1. The molecule has 2 aliphatic heterocycles. The van der Waals surface area contributed by atoms with Crippen molar-refractivity contribution in [3.05, 3.63) is 0 Å². The average molecular weight is 199 g/mol. The summed E-state index contributed by atoms with van der Waals surface area (Å²) in [5, 5.41) is 21.0. The Hall–Kier alpha value is -0.810. The monoisotopic (exact) mass is 199 g/mol. The molecule has 0 spiro atoms. The summed E-state index contributed by atoms with van der Waals surface area (Å²) in [5.74, 6) is 0.262. The van der Waals surface area contributed by atoms with Gasteiger partial charge in [0.15, 0.2) is 5.84 Å². The number of hydrogen-bond acceptors (Lipinski definition) is 4. The van der Waals surface area contributed by atoms with Crippen LogP contribution in [0.4, 0.5) is 0 Å². The summed E-state index contributed by atoms with van der Waals surface area (Å²) in [7, 11) is 0. The lowest BCUT2D eigenvalue weighted by Crippen LogP contribution is -2.48. The predicted molar refractivity (Wildman–Crippen MR) is 52.2 cm³/mol. The first-order valence-electron chi connectivity index (χ1n) is 5.11. The fraction of sp³-hybridized carbons (Fsp3) is 0.889. The Labute approximate surface area is 83.2 Å². The summed E-state index contributed by atoms with van der Waals surface area (Å²) >= 11 is 0. The number of rotatable bonds is 2. The number of piperidine rings is 1. The molecule has 2 atom stereocenters. The fourth-order valence-electron chi connectivity index (χ4n) is 2.72. The van der Waals surface area contributed by atoms with E-state index in [1.807, 2.05) is 0 Å². The van der Waals surface area contributed by atoms with Gasteiger partial charge in [0.05, 0.1) is 12.6 Å². The summed E-state index contributed by atoms with van der Waals surface area (Å²) in [4.78, 5) is 2.25. The molecular formula is C9H17N3O2. The Morgan fingerprint density at radius 3 is 2.43 bits per heavy atom. The van der Waals surface area contributed by atoms with E-state index in [4.69, 9.17) is 10.9 Å². The van der Waals surface area contributed by atoms with Gasteiger partial charge in [0, 0.05) is 12.1 Å². The first-order valence-corrected chi connectivity index (χ1v) is 5.11. The van der Waals surface area contributed by atoms with Crippen molar-refractivity contribution in [2.75, 3.05) is 6.54 Å². The molecule has 5 nitrogen and oxygen atoms in total. The molecule has 0 amide bonds. The van der Waals surface area contributed by atoms with E-state index in [-0.39, 0.29) is 11.9 Å². The highest BCUT2D eigenvalue weighted by atomic mass is 16.4. The van der Waals surface area contributed by atoms with Gasteiger partial charge in [-0.15, -0.1) is 0 Å². The SMILES string of the molecule is NC(CN1C2CCC1CC(O)C2)=NO. The van der Waals surface area contributed by atoms with Crippen molar-refractivity contribution in [3.8, 4) is 0 Å². The van der Waals surface area contributed by atoms with E-state index in [2.05, 4.69) is 10.1 Å². The van der Waals surface area contributed by atoms with E-state index in [1.54, 1.807) is 0 Å². The van der Waals surface area contributed by atoms with Gasteiger partial charge >= 0.3 is 0 Å². The third kappa shape index (κ3) is 1.69. The molecule has 0 aromatic heterocycles. The molecule has 0 aromatic carbocycles. The Bertz CT molecular complexity index is 230. The van der Waals surface area contributed by atoms with Crippen molar-refractivity contribution in [2.24, 2.45) is 10.9 Å². The van der Waals surface area contributed by atoms with Crippen LogP contribution in [0.15, 0.2) is 5.16 Å². The second kappa shape index (κ2) is 3.74. The molecule has 14 heavy (non-hydrogen) atoms. The average Bonchev–Trinajstić information content (AvgIpc) is 2.41. The number of nitrogens with zero attached hydrogens (tertiary/aromatic N) is 2. The molecule has 2 aliphatic rings. The van der Waals surface area contributed by atoms with Crippen LogP contribution in [0.2, 0.25) is 0 Å². The Morgan fingerprint density at radius 1 is 1.36 bits per heavy atom. The van der Waals surface area contributed by atoms with E-state index >= 15 is 0 Å². The van der Waals surface area contributed by atoms with Gasteiger partial charge in [-0.05, 0) is 25.7 Å². The summed E-state index contributed by atoms with van der Waals surface area (Å²) in [6.45, 7) is 0.526. The van der Waals surface area contributed by atoms with E-state index < -0.39 is 0 Å². The number of hydrogen-bond donors (Lipinski definition) is 3. The number of aliphatic hydroxyl groups is 1. The zero-order valence-corrected chi connectivity index (χ0v) is 8.13. The zero-order chi connectivity index (χ0) is 10.1. The molecule has 2 unspecified atom stereocenters. The van der Waals surface area contributed by atoms with Crippen molar-refractivity contribution < 1.29 is 10.3 Å². The van der Waals surface area contributed by atoms with Crippen LogP contribution >= 0.6 is 0 Å². The predicted octanol–water partition coefficient (Wildman–Crippen LogP) is -0.280. The van der Waals surface area contributed by atoms with Crippen molar-refractivity contribution in [3.63, 3.8) is 0 Å². The molecule has 0 aliphatic carbocycles. The molecule has 0 aromatic rings. The lowest BCUT2D eigenvalue weighted by Gasteiger charge is -2.36. The normalized spacial score (nSPS) is 38.9. The second-order valence-corrected chi connectivity index (χ2v) is 4.27. The standard InChI is InChI=1S/C9H17N3O2/c10-9(11-14)5-12-6-1-2-7(12)4-8(13)3-6/h6-8,13-14H,1-5H2,(H2,10,11). The highest BCUT2D eigenvalue weighted by Gasteiger charge is 2.40. The number of amidine groups is 1. The minimum Gasteiger partial charge on any atom is -0.409 e. The van der Waals surface area contributed by atoms with Gasteiger partial charge in [-0.25, -0.2) is 0 Å². The van der Waals surface area contributed by atoms with Gasteiger partial charge < -0.3 is 16.0 Å². The van der Waals surface area contributed by atoms with Gasteiger partial charge in [-0.3, -0.25) is 4.90 Å². The summed E-state index contributed by atoms with van der Waals surface area (Å²) in [6.07, 6.45) is 3.75. The van der Waals surface area contributed by atoms with Gasteiger partial charge in [0.25, 0.3) is 0 Å². The molecule has 4 N–H and O–H groups in total. The third-order valence-electron chi connectivity index (χ3n) is 3.33. The molecule has 2 fully saturated rings. The quantitative estimate of drug-likeness (QED) is 0.247. The number of nitrogens with two attached hydrogens (primary N) is 1. The smallest absolute Gasteiger partial charge is 0.153 e. The lowest BCUT2D eigenvalue weighted by molar-refractivity contribution is 0.0439. The second-order valence-electron chi connectivity index (χ2n) is 4.27. The molecule has 2 heterocycles. The maximum Gasteiger partial charge on any atom is 0.153 e. The summed E-state index contributed by atoms with van der Waals surface area (Å²) in [5.41, 5.74) is 5.49. The van der Waals surface area contributed by atoms with Gasteiger partial charge in [-0.2, -0.15) is 0 Å². The first-order chi connectivity index (χ1) is 6.70. The van der Waals surface area contributed by atoms with E-state index in [9.17, 15) is 5.11 Å². The Morgan fingerprint density at radius 2 is 1.93 bits per heavy atom. The maximum atomic E-state index is 9.56. The van der Waals surface area contributed by atoms with Crippen molar-refractivity contribution in [1.82, 2.24) is 4.90 Å². The topological polar surface area (TPSA) is 82.1 Å². The van der Waals surface area contributed by atoms with Crippen LogP contribution < -0.4 is 5.73 Å². The minimum atomic E-state index is -0.156. The first kappa shape index (κ1) is 9.73. The molecular weight excluding hydrogens is 182 g/mol. The van der Waals surface area contributed by atoms with Crippen molar-refractivity contribution >= 4 is 5.84 Å². The van der Waals surface area contributed by atoms with Crippen molar-refractivity contribution in [1.29, 1.82) is 0 Å². The lowest BCUT2D eigenvalue weighted by atomic mass is 10.00. The number of oxime groups is 1. The Kier molecular flexibility index (Phi) is 2.60. The van der Waals surface area contributed by atoms with Crippen molar-refractivity contribution in [2.45, 2.75) is 43.9 Å². The fourth-order valence-corrected chi connectivity index (χ4v) is 2.72. The van der Waals surface area contributed by atoms with Crippen LogP contribution in [-0.2, 0) is 0 Å². The minimum absolute atomic E-state index is 0.156. The van der Waals surface area contributed by atoms with E-state index in [0.29, 0.717) is 18.6 Å². The summed E-state index contributed by atoms with van der Waals surface area (Å²) in [6, 6.07) is 0.841. The molecule has 2 rings (SSSR count). The molecule has 2 bridgehead atoms. The molecule has 2 saturated heterocycles. The highest BCUT2D eigenvalue weighted by Crippen LogP contribution is 2.35. The van der Waals surface area contributed by atoms with Crippen LogP contribution in [0.5, 0.6) is 0 Å². The van der Waals surface area contributed by atoms with E-state index in [0.717, 1.165) is 25.7 Å². The molecule has 5 heteroatoms. The van der Waals surface area contributed by atoms with Gasteiger partial charge in [0.2, 0.25) is 0 Å². The molecule has 0 radical (unpaired) electrons. The maximum absolute atomic E-state index is 9.56. The highest BCUT2D eigenvalue weighted by molar-refractivity contribution is 5.81. The van der Waals surface area contributed by atoms with Crippen LogP contribution in [-0.4, -0.2) is 45.8 Å². The number of fused-ring (bicyclic) bond motifs is 2. The third-order valence-corrected chi connectivity index (χ3v) is 3.33. The van der Waals surface area contributed by atoms with Crippen LogP contribution in [0.25, 0.3) is 0 Å². The van der Waals surface area contributed by atoms with Crippen LogP contribution in [0, 0.1) is 0 Å². The zero-order valence-electron chi connectivity index (χ0n) is 8.13. The van der Waals surface area contributed by atoms with Crippen LogP contribution in [0.3, 0.4) is 0 Å². The summed E-state index contributed by atoms with van der Waals surface area (Å²) < 4.78 is 0. The molecule has 0 saturated carbocycles. The van der Waals surface area contributed by atoms with Gasteiger partial charge in [0.1, 0.15) is 0 Å². The van der Waals surface area contributed by atoms with E-state index in [1.165, 1.54) is 0 Å². The Balaban J connectivity index is 2.00. The largest absolute Gasteiger partial charge is 0.409 e. The van der Waals surface area contributed by atoms with Crippen LogP contribution in [0.1, 0.15) is 25.7 Å². The molecule has 80 valence electrons.